The van der Waals surface area contributed by atoms with Gasteiger partial charge in [-0.25, -0.2) is 4.98 Å². The summed E-state index contributed by atoms with van der Waals surface area (Å²) in [6.45, 7) is 0. The van der Waals surface area contributed by atoms with Gasteiger partial charge in [-0.1, -0.05) is 0 Å². The number of hydrogen-bond acceptors (Lipinski definition) is 5. The number of carbonyl (C=O) groups is 2. The fourth-order valence-electron chi connectivity index (χ4n) is 0.629. The zero-order chi connectivity index (χ0) is 11.8. The third-order valence-electron chi connectivity index (χ3n) is 1.14. The molecule has 1 aromatic rings. The van der Waals surface area contributed by atoms with E-state index < -0.39 is 18.4 Å². The molecule has 6 N–H and O–H groups in total. The van der Waals surface area contributed by atoms with Gasteiger partial charge < -0.3 is 26.5 Å². The van der Waals surface area contributed by atoms with E-state index in [1.165, 1.54) is 0 Å². The van der Waals surface area contributed by atoms with Gasteiger partial charge in [-0.05, 0) is 6.07 Å². The Hall–Kier alpha value is -2.31. The smallest absolute Gasteiger partial charge is 0.309 e. The second-order valence-corrected chi connectivity index (χ2v) is 2.50. The van der Waals surface area contributed by atoms with Crippen LogP contribution in [0.25, 0.3) is 0 Å². The van der Waals surface area contributed by atoms with Crippen molar-refractivity contribution in [2.45, 2.75) is 6.42 Å². The lowest BCUT2D eigenvalue weighted by Gasteiger charge is -1.91. The van der Waals surface area contributed by atoms with Crippen LogP contribution >= 0.6 is 0 Å². The SMILES string of the molecule is Nc1cccc(N)[nH+]1.O=C([O-])CC(=O)O. The van der Waals surface area contributed by atoms with E-state index in [-0.39, 0.29) is 0 Å². The first kappa shape index (κ1) is 12.7. The Balaban J connectivity index is 0.000000265. The molecule has 1 aromatic heterocycles. The highest BCUT2D eigenvalue weighted by molar-refractivity contribution is 5.87. The van der Waals surface area contributed by atoms with Crippen LogP contribution in [0.2, 0.25) is 0 Å². The van der Waals surface area contributed by atoms with E-state index in [1.54, 1.807) is 18.2 Å². The summed E-state index contributed by atoms with van der Waals surface area (Å²) in [5.41, 5.74) is 10.6. The number of carboxylic acid groups (broad SMARTS) is 2. The van der Waals surface area contributed by atoms with Crippen molar-refractivity contribution < 1.29 is 24.8 Å². The minimum absolute atomic E-state index is 0.588. The van der Waals surface area contributed by atoms with Crippen molar-refractivity contribution in [3.8, 4) is 0 Å². The maximum Gasteiger partial charge on any atom is 0.309 e. The number of aromatic amines is 1. The Morgan fingerprint density at radius 2 is 1.80 bits per heavy atom. The van der Waals surface area contributed by atoms with Crippen LogP contribution in [0.15, 0.2) is 18.2 Å². The van der Waals surface area contributed by atoms with E-state index in [9.17, 15) is 14.7 Å². The highest BCUT2D eigenvalue weighted by Crippen LogP contribution is 1.92. The molecule has 82 valence electrons. The zero-order valence-corrected chi connectivity index (χ0v) is 7.77. The molecular formula is C8H11N3O4. The van der Waals surface area contributed by atoms with Gasteiger partial charge in [0.2, 0.25) is 11.6 Å². The highest BCUT2D eigenvalue weighted by atomic mass is 16.4. The Labute approximate surface area is 85.3 Å². The summed E-state index contributed by atoms with van der Waals surface area (Å²) in [5.74, 6) is -1.76. The topological polar surface area (TPSA) is 144 Å². The maximum absolute atomic E-state index is 9.39. The fraction of sp³-hybridized carbons (Fsp3) is 0.125. The van der Waals surface area contributed by atoms with Crippen LogP contribution in [0.4, 0.5) is 11.6 Å². The van der Waals surface area contributed by atoms with Gasteiger partial charge in [0, 0.05) is 12.1 Å². The summed E-state index contributed by atoms with van der Waals surface area (Å²) < 4.78 is 0. The van der Waals surface area contributed by atoms with Gasteiger partial charge in [0.1, 0.15) is 0 Å². The van der Waals surface area contributed by atoms with Gasteiger partial charge >= 0.3 is 5.97 Å². The molecule has 0 radical (unpaired) electrons. The average molecular weight is 213 g/mol. The molecule has 1 heterocycles. The summed E-state index contributed by atoms with van der Waals surface area (Å²) in [4.78, 5) is 21.4. The lowest BCUT2D eigenvalue weighted by atomic mass is 10.4. The number of nitrogen functional groups attached to an aromatic ring is 2. The Morgan fingerprint density at radius 3 is 1.93 bits per heavy atom. The number of nitrogens with two attached hydrogens (primary N) is 2. The van der Waals surface area contributed by atoms with Crippen molar-refractivity contribution >= 4 is 23.6 Å². The summed E-state index contributed by atoms with van der Waals surface area (Å²) in [6.07, 6.45) is -0.917. The number of nitrogens with one attached hydrogen (secondary N) is 1. The van der Waals surface area contributed by atoms with Gasteiger partial charge in [-0.15, -0.1) is 0 Å². The largest absolute Gasteiger partial charge is 0.550 e. The predicted molar refractivity (Wildman–Crippen MR) is 49.1 cm³/mol. The van der Waals surface area contributed by atoms with E-state index >= 15 is 0 Å². The molecule has 1 rings (SSSR count). The molecule has 15 heavy (non-hydrogen) atoms. The molecule has 0 saturated carbocycles. The minimum Gasteiger partial charge on any atom is -0.550 e. The van der Waals surface area contributed by atoms with Crippen LogP contribution in [0.3, 0.4) is 0 Å². The molecule has 0 aromatic carbocycles. The predicted octanol–water partition coefficient (Wildman–Crippen LogP) is -2.12. The minimum atomic E-state index is -1.56. The van der Waals surface area contributed by atoms with Gasteiger partial charge in [-0.3, -0.25) is 4.79 Å². The number of anilines is 2. The first-order valence-corrected chi connectivity index (χ1v) is 3.86. The molecule has 0 spiro atoms. The molecule has 0 aliphatic rings. The molecule has 0 unspecified atom stereocenters. The van der Waals surface area contributed by atoms with Gasteiger partial charge in [0.15, 0.2) is 0 Å². The lowest BCUT2D eigenvalue weighted by Crippen LogP contribution is -2.24. The van der Waals surface area contributed by atoms with E-state index in [1.807, 2.05) is 0 Å². The van der Waals surface area contributed by atoms with E-state index in [4.69, 9.17) is 16.6 Å². The highest BCUT2D eigenvalue weighted by Gasteiger charge is 1.92. The first-order chi connectivity index (χ1) is 6.91. The molecule has 0 amide bonds. The normalized spacial score (nSPS) is 8.53. The summed E-state index contributed by atoms with van der Waals surface area (Å²) in [7, 11) is 0. The van der Waals surface area contributed by atoms with Crippen LogP contribution in [-0.2, 0) is 9.59 Å². The third kappa shape index (κ3) is 8.03. The fourth-order valence-corrected chi connectivity index (χ4v) is 0.629. The quantitative estimate of drug-likeness (QED) is 0.479. The van der Waals surface area contributed by atoms with Gasteiger partial charge in [0.05, 0.1) is 12.4 Å². The van der Waals surface area contributed by atoms with Crippen molar-refractivity contribution in [2.75, 3.05) is 11.5 Å². The number of rotatable bonds is 2. The second kappa shape index (κ2) is 6.19. The molecule has 0 atom stereocenters. The number of H-pyrrole nitrogens is 1. The molecule has 7 heteroatoms. The number of hydrogen-bond donors (Lipinski definition) is 3. The summed E-state index contributed by atoms with van der Waals surface area (Å²) >= 11 is 0. The van der Waals surface area contributed by atoms with Gasteiger partial charge in [0.25, 0.3) is 0 Å². The average Bonchev–Trinajstić information content (AvgIpc) is 2.01. The monoisotopic (exact) mass is 213 g/mol. The number of pyridine rings is 1. The van der Waals surface area contributed by atoms with Crippen LogP contribution in [0.1, 0.15) is 6.42 Å². The van der Waals surface area contributed by atoms with E-state index in [0.717, 1.165) is 0 Å². The Morgan fingerprint density at radius 1 is 1.33 bits per heavy atom. The van der Waals surface area contributed by atoms with Crippen molar-refractivity contribution in [1.82, 2.24) is 0 Å². The molecule has 0 aliphatic carbocycles. The van der Waals surface area contributed by atoms with E-state index in [2.05, 4.69) is 4.98 Å². The Bertz CT molecular complexity index is 324. The standard InChI is InChI=1S/C5H7N3.C3H4O4/c6-4-2-1-3-5(7)8-4;4-2(5)1-3(6)7/h1-3H,(H4,6,7,8);1H2,(H,4,5)(H,6,7). The van der Waals surface area contributed by atoms with Crippen molar-refractivity contribution in [2.24, 2.45) is 0 Å². The Kier molecular flexibility index (Phi) is 5.24. The number of aliphatic carboxylic acids is 2. The second-order valence-electron chi connectivity index (χ2n) is 2.50. The van der Waals surface area contributed by atoms with Crippen LogP contribution in [-0.4, -0.2) is 17.0 Å². The lowest BCUT2D eigenvalue weighted by molar-refractivity contribution is -0.342. The van der Waals surface area contributed by atoms with Crippen LogP contribution in [0, 0.1) is 0 Å². The third-order valence-corrected chi connectivity index (χ3v) is 1.14. The van der Waals surface area contributed by atoms with Crippen molar-refractivity contribution in [3.63, 3.8) is 0 Å². The summed E-state index contributed by atoms with van der Waals surface area (Å²) in [6, 6.07) is 5.29. The molecule has 0 aliphatic heterocycles. The number of carboxylic acids is 2. The maximum atomic E-state index is 9.39. The molecular weight excluding hydrogens is 202 g/mol. The number of aromatic nitrogens is 1. The number of carbonyl (C=O) groups excluding carboxylic acids is 1. The van der Waals surface area contributed by atoms with Crippen molar-refractivity contribution in [1.29, 1.82) is 0 Å². The van der Waals surface area contributed by atoms with Crippen molar-refractivity contribution in [3.05, 3.63) is 18.2 Å². The van der Waals surface area contributed by atoms with Crippen LogP contribution in [0.5, 0.6) is 0 Å². The zero-order valence-electron chi connectivity index (χ0n) is 7.77. The van der Waals surface area contributed by atoms with E-state index in [0.29, 0.717) is 11.6 Å². The summed E-state index contributed by atoms with van der Waals surface area (Å²) in [5, 5.41) is 17.0. The molecule has 0 bridgehead atoms. The molecule has 0 fully saturated rings. The van der Waals surface area contributed by atoms with Crippen LogP contribution < -0.4 is 21.6 Å². The van der Waals surface area contributed by atoms with Gasteiger partial charge in [-0.2, -0.15) is 0 Å². The molecule has 0 saturated heterocycles. The first-order valence-electron chi connectivity index (χ1n) is 3.86. The molecule has 7 nitrogen and oxygen atoms in total.